The van der Waals surface area contributed by atoms with Crippen LogP contribution in [-0.2, 0) is 4.74 Å². The van der Waals surface area contributed by atoms with Gasteiger partial charge >= 0.3 is 0 Å². The van der Waals surface area contributed by atoms with Gasteiger partial charge in [0.15, 0.2) is 0 Å². The van der Waals surface area contributed by atoms with E-state index in [4.69, 9.17) is 16.3 Å². The normalized spacial score (nSPS) is 20.5. The first kappa shape index (κ1) is 9.26. The Hall–Kier alpha value is 0.170. The molecule has 0 spiro atoms. The van der Waals surface area contributed by atoms with E-state index in [1.54, 1.807) is 0 Å². The lowest BCUT2D eigenvalue weighted by atomic mass is 10.4. The van der Waals surface area contributed by atoms with Crippen molar-refractivity contribution in [2.24, 2.45) is 0 Å². The minimum atomic E-state index is 0.546. The van der Waals surface area contributed by atoms with Crippen molar-refractivity contribution in [1.82, 2.24) is 10.2 Å². The highest BCUT2D eigenvalue weighted by Crippen LogP contribution is 1.94. The van der Waals surface area contributed by atoms with Gasteiger partial charge < -0.3 is 10.1 Å². The predicted octanol–water partition coefficient (Wildman–Crippen LogP) is 0.104. The molecule has 0 bridgehead atoms. The Morgan fingerprint density at radius 3 is 2.73 bits per heavy atom. The summed E-state index contributed by atoms with van der Waals surface area (Å²) in [6.45, 7) is 5.93. The molecule has 3 nitrogen and oxygen atoms in total. The van der Waals surface area contributed by atoms with Crippen LogP contribution in [0.15, 0.2) is 0 Å². The van der Waals surface area contributed by atoms with Gasteiger partial charge in [-0.1, -0.05) is 0 Å². The smallest absolute Gasteiger partial charge is 0.0713 e. The lowest BCUT2D eigenvalue weighted by Crippen LogP contribution is -2.40. The lowest BCUT2D eigenvalue weighted by molar-refractivity contribution is 0.0386. The van der Waals surface area contributed by atoms with E-state index in [1.165, 1.54) is 0 Å². The van der Waals surface area contributed by atoms with Crippen molar-refractivity contribution in [2.45, 2.75) is 0 Å². The summed E-state index contributed by atoms with van der Waals surface area (Å²) in [5.74, 6) is 0. The van der Waals surface area contributed by atoms with Crippen LogP contribution >= 0.6 is 11.6 Å². The van der Waals surface area contributed by atoms with Gasteiger partial charge in [0.25, 0.3) is 0 Å². The zero-order chi connectivity index (χ0) is 7.94. The quantitative estimate of drug-likeness (QED) is 0.376. The van der Waals surface area contributed by atoms with Gasteiger partial charge in [-0.3, -0.25) is 4.90 Å². The molecule has 0 unspecified atom stereocenters. The monoisotopic (exact) mass is 178 g/mol. The summed E-state index contributed by atoms with van der Waals surface area (Å²) in [6.07, 6.45) is 0. The second kappa shape index (κ2) is 5.77. The number of nitrogens with zero attached hydrogens (tertiary/aromatic N) is 1. The zero-order valence-electron chi connectivity index (χ0n) is 6.68. The molecule has 1 rings (SSSR count). The van der Waals surface area contributed by atoms with Crippen molar-refractivity contribution in [1.29, 1.82) is 0 Å². The lowest BCUT2D eigenvalue weighted by Gasteiger charge is -2.26. The van der Waals surface area contributed by atoms with E-state index in [-0.39, 0.29) is 0 Å². The maximum atomic E-state index is 5.46. The standard InChI is InChI=1S/C7H15ClN2O/c8-7-9-1-2-10-3-5-11-6-4-10/h9H,1-7H2. The molecule has 1 N–H and O–H groups in total. The van der Waals surface area contributed by atoms with Crippen molar-refractivity contribution < 1.29 is 4.74 Å². The van der Waals surface area contributed by atoms with Crippen LogP contribution in [0.3, 0.4) is 0 Å². The van der Waals surface area contributed by atoms with Crippen molar-refractivity contribution in [2.75, 3.05) is 45.4 Å². The Kier molecular flexibility index (Phi) is 4.86. The van der Waals surface area contributed by atoms with Crippen LogP contribution in [0.5, 0.6) is 0 Å². The second-order valence-electron chi connectivity index (χ2n) is 2.59. The van der Waals surface area contributed by atoms with E-state index >= 15 is 0 Å². The third-order valence-electron chi connectivity index (χ3n) is 1.80. The van der Waals surface area contributed by atoms with Gasteiger partial charge in [0, 0.05) is 26.2 Å². The zero-order valence-corrected chi connectivity index (χ0v) is 7.44. The summed E-state index contributed by atoms with van der Waals surface area (Å²) in [6, 6.07) is 0.546. The number of ether oxygens (including phenoxy) is 1. The van der Waals surface area contributed by atoms with Crippen LogP contribution in [0, 0.1) is 0 Å². The Morgan fingerprint density at radius 2 is 2.09 bits per heavy atom. The van der Waals surface area contributed by atoms with Gasteiger partial charge in [0.1, 0.15) is 0 Å². The van der Waals surface area contributed by atoms with Crippen LogP contribution in [0.4, 0.5) is 0 Å². The van der Waals surface area contributed by atoms with Crippen molar-refractivity contribution in [3.05, 3.63) is 0 Å². The first-order valence-corrected chi connectivity index (χ1v) is 4.53. The Balaban J connectivity index is 1.96. The third-order valence-corrected chi connectivity index (χ3v) is 1.99. The van der Waals surface area contributed by atoms with E-state index in [0.29, 0.717) is 6.00 Å². The van der Waals surface area contributed by atoms with Crippen LogP contribution in [-0.4, -0.2) is 50.3 Å². The molecule has 0 aromatic carbocycles. The van der Waals surface area contributed by atoms with Gasteiger partial charge in [0.2, 0.25) is 0 Å². The SMILES string of the molecule is ClCNCCN1CCOCC1. The molecule has 0 aromatic rings. The molecule has 1 aliphatic rings. The van der Waals surface area contributed by atoms with E-state index < -0.39 is 0 Å². The van der Waals surface area contributed by atoms with E-state index in [0.717, 1.165) is 39.4 Å². The molecule has 1 saturated heterocycles. The number of rotatable bonds is 4. The molecular formula is C7H15ClN2O. The summed E-state index contributed by atoms with van der Waals surface area (Å²) in [4.78, 5) is 2.38. The van der Waals surface area contributed by atoms with E-state index in [9.17, 15) is 0 Å². The fraction of sp³-hybridized carbons (Fsp3) is 1.00. The summed E-state index contributed by atoms with van der Waals surface area (Å²) in [7, 11) is 0. The second-order valence-corrected chi connectivity index (χ2v) is 2.85. The predicted molar refractivity (Wildman–Crippen MR) is 46.0 cm³/mol. The minimum absolute atomic E-state index is 0.546. The number of nitrogens with one attached hydrogen (secondary N) is 1. The highest BCUT2D eigenvalue weighted by molar-refractivity contribution is 6.17. The van der Waals surface area contributed by atoms with Gasteiger partial charge in [-0.2, -0.15) is 0 Å². The molecular weight excluding hydrogens is 164 g/mol. The van der Waals surface area contributed by atoms with Crippen molar-refractivity contribution >= 4 is 11.6 Å². The number of halogens is 1. The number of alkyl halides is 1. The molecule has 4 heteroatoms. The molecule has 0 radical (unpaired) electrons. The van der Waals surface area contributed by atoms with Crippen molar-refractivity contribution in [3.63, 3.8) is 0 Å². The Bertz CT molecular complexity index is 96.4. The first-order valence-electron chi connectivity index (χ1n) is 4.00. The molecule has 0 aromatic heterocycles. The van der Waals surface area contributed by atoms with Gasteiger partial charge in [-0.25, -0.2) is 0 Å². The average Bonchev–Trinajstić information content (AvgIpc) is 2.07. The topological polar surface area (TPSA) is 24.5 Å². The number of hydrogen-bond acceptors (Lipinski definition) is 3. The Morgan fingerprint density at radius 1 is 1.36 bits per heavy atom. The fourth-order valence-electron chi connectivity index (χ4n) is 1.13. The fourth-order valence-corrected chi connectivity index (χ4v) is 1.26. The number of morpholine rings is 1. The van der Waals surface area contributed by atoms with Gasteiger partial charge in [-0.15, -0.1) is 11.6 Å². The molecule has 1 heterocycles. The molecule has 11 heavy (non-hydrogen) atoms. The van der Waals surface area contributed by atoms with Gasteiger partial charge in [-0.05, 0) is 0 Å². The molecule has 0 amide bonds. The molecule has 1 aliphatic heterocycles. The maximum Gasteiger partial charge on any atom is 0.0713 e. The van der Waals surface area contributed by atoms with Crippen LogP contribution in [0.2, 0.25) is 0 Å². The molecule has 0 saturated carbocycles. The first-order chi connectivity index (χ1) is 5.43. The minimum Gasteiger partial charge on any atom is -0.379 e. The van der Waals surface area contributed by atoms with Gasteiger partial charge in [0.05, 0.1) is 19.2 Å². The van der Waals surface area contributed by atoms with E-state index in [2.05, 4.69) is 10.2 Å². The summed E-state index contributed by atoms with van der Waals surface area (Å²) in [5.41, 5.74) is 0. The highest BCUT2D eigenvalue weighted by atomic mass is 35.5. The van der Waals surface area contributed by atoms with Crippen LogP contribution < -0.4 is 5.32 Å². The van der Waals surface area contributed by atoms with E-state index in [1.807, 2.05) is 0 Å². The molecule has 0 atom stereocenters. The maximum absolute atomic E-state index is 5.46. The summed E-state index contributed by atoms with van der Waals surface area (Å²) >= 11 is 5.46. The van der Waals surface area contributed by atoms with Crippen molar-refractivity contribution in [3.8, 4) is 0 Å². The van der Waals surface area contributed by atoms with Crippen LogP contribution in [0.25, 0.3) is 0 Å². The molecule has 1 fully saturated rings. The number of hydrogen-bond donors (Lipinski definition) is 1. The third kappa shape index (κ3) is 3.91. The Labute approximate surface area is 72.6 Å². The average molecular weight is 179 g/mol. The highest BCUT2D eigenvalue weighted by Gasteiger charge is 2.08. The summed E-state index contributed by atoms with van der Waals surface area (Å²) < 4.78 is 5.22. The summed E-state index contributed by atoms with van der Waals surface area (Å²) in [5, 5.41) is 3.08. The molecule has 0 aliphatic carbocycles. The molecule has 66 valence electrons. The van der Waals surface area contributed by atoms with Crippen LogP contribution in [0.1, 0.15) is 0 Å². The largest absolute Gasteiger partial charge is 0.379 e.